The van der Waals surface area contributed by atoms with Crippen LogP contribution in [0.4, 0.5) is 11.4 Å². The van der Waals surface area contributed by atoms with Gasteiger partial charge in [-0.15, -0.1) is 0 Å². The zero-order chi connectivity index (χ0) is 19.6. The molecule has 2 aromatic rings. The molecular weight excluding hydrogens is 340 g/mol. The van der Waals surface area contributed by atoms with E-state index < -0.39 is 6.04 Å². The lowest BCUT2D eigenvalue weighted by Gasteiger charge is -2.20. The fraction of sp³-hybridized carbons (Fsp3) is 0.333. The van der Waals surface area contributed by atoms with E-state index in [1.165, 1.54) is 5.69 Å². The summed E-state index contributed by atoms with van der Waals surface area (Å²) in [5.41, 5.74) is 5.52. The van der Waals surface area contributed by atoms with Gasteiger partial charge in [0.2, 0.25) is 0 Å². The van der Waals surface area contributed by atoms with Crippen molar-refractivity contribution in [3.63, 3.8) is 0 Å². The quantitative estimate of drug-likeness (QED) is 0.525. The zero-order valence-electron chi connectivity index (χ0n) is 16.4. The summed E-state index contributed by atoms with van der Waals surface area (Å²) in [6.45, 7) is 8.00. The molecule has 0 aliphatic carbocycles. The van der Waals surface area contributed by atoms with Crippen molar-refractivity contribution in [2.24, 2.45) is 5.10 Å². The van der Waals surface area contributed by atoms with E-state index in [4.69, 9.17) is 4.74 Å². The number of carbonyl (C=O) groups is 1. The fourth-order valence-electron chi connectivity index (χ4n) is 2.63. The van der Waals surface area contributed by atoms with Crippen LogP contribution in [0.15, 0.2) is 53.6 Å². The average molecular weight is 368 g/mol. The molecule has 0 spiro atoms. The fourth-order valence-corrected chi connectivity index (χ4v) is 2.63. The summed E-state index contributed by atoms with van der Waals surface area (Å²) in [5, 5.41) is 7.18. The number of carbonyl (C=O) groups excluding carboxylic acids is 1. The second-order valence-electron chi connectivity index (χ2n) is 6.09. The van der Waals surface area contributed by atoms with Gasteiger partial charge in [0.25, 0.3) is 5.91 Å². The molecule has 1 amide bonds. The highest BCUT2D eigenvalue weighted by molar-refractivity contribution is 5.86. The normalized spacial score (nSPS) is 11.9. The molecule has 0 heterocycles. The van der Waals surface area contributed by atoms with Gasteiger partial charge in [0.15, 0.2) is 0 Å². The smallest absolute Gasteiger partial charge is 0.262 e. The molecular formula is C21H28N4O2. The maximum Gasteiger partial charge on any atom is 0.262 e. The van der Waals surface area contributed by atoms with Gasteiger partial charge in [-0.05, 0) is 62.7 Å². The molecule has 2 aromatic carbocycles. The van der Waals surface area contributed by atoms with Crippen LogP contribution in [0, 0.1) is 0 Å². The van der Waals surface area contributed by atoms with Gasteiger partial charge in [0.05, 0.1) is 13.3 Å². The SMILES string of the molecule is CCN(CC)c1ccc(/C=N\NC(=O)[C@H](C)Nc2ccc(OC)cc2)cc1. The number of anilines is 2. The molecule has 0 fully saturated rings. The standard InChI is InChI=1S/C21H28N4O2/c1-5-25(6-2)19-11-7-17(8-12-19)15-22-24-21(26)16(3)23-18-9-13-20(27-4)14-10-18/h7-16,23H,5-6H2,1-4H3,(H,24,26)/b22-15-/t16-/m0/s1. The Kier molecular flexibility index (Phi) is 7.67. The molecule has 0 saturated heterocycles. The Bertz CT molecular complexity index is 738. The van der Waals surface area contributed by atoms with Crippen molar-refractivity contribution >= 4 is 23.5 Å². The molecule has 6 heteroatoms. The lowest BCUT2D eigenvalue weighted by molar-refractivity contribution is -0.121. The Labute approximate surface area is 161 Å². The molecule has 0 aliphatic heterocycles. The summed E-state index contributed by atoms with van der Waals surface area (Å²) in [7, 11) is 1.62. The van der Waals surface area contributed by atoms with E-state index in [2.05, 4.69) is 46.7 Å². The third-order valence-corrected chi connectivity index (χ3v) is 4.28. The van der Waals surface area contributed by atoms with Crippen LogP contribution in [-0.2, 0) is 4.79 Å². The summed E-state index contributed by atoms with van der Waals surface area (Å²) in [6, 6.07) is 15.1. The van der Waals surface area contributed by atoms with Crippen molar-refractivity contribution in [3.8, 4) is 5.75 Å². The van der Waals surface area contributed by atoms with Crippen LogP contribution in [0.5, 0.6) is 5.75 Å². The van der Waals surface area contributed by atoms with E-state index in [0.29, 0.717) is 0 Å². The second kappa shape index (κ2) is 10.2. The molecule has 0 saturated carbocycles. The summed E-state index contributed by atoms with van der Waals surface area (Å²) >= 11 is 0. The first-order valence-electron chi connectivity index (χ1n) is 9.15. The van der Waals surface area contributed by atoms with Crippen LogP contribution in [0.3, 0.4) is 0 Å². The van der Waals surface area contributed by atoms with Crippen molar-refractivity contribution in [2.45, 2.75) is 26.8 Å². The van der Waals surface area contributed by atoms with E-state index in [-0.39, 0.29) is 5.91 Å². The first kappa shape index (κ1) is 20.3. The number of benzene rings is 2. The van der Waals surface area contributed by atoms with Crippen LogP contribution in [0.1, 0.15) is 26.3 Å². The van der Waals surface area contributed by atoms with Crippen molar-refractivity contribution in [1.29, 1.82) is 0 Å². The molecule has 2 rings (SSSR count). The van der Waals surface area contributed by atoms with E-state index in [1.807, 2.05) is 36.4 Å². The van der Waals surface area contributed by atoms with Gasteiger partial charge in [-0.1, -0.05) is 12.1 Å². The number of nitrogens with zero attached hydrogens (tertiary/aromatic N) is 2. The van der Waals surface area contributed by atoms with Crippen LogP contribution in [0.25, 0.3) is 0 Å². The molecule has 2 N–H and O–H groups in total. The Morgan fingerprint density at radius 3 is 2.30 bits per heavy atom. The monoisotopic (exact) mass is 368 g/mol. The minimum atomic E-state index is -0.416. The van der Waals surface area contributed by atoms with Crippen molar-refractivity contribution in [3.05, 3.63) is 54.1 Å². The van der Waals surface area contributed by atoms with E-state index in [0.717, 1.165) is 30.1 Å². The first-order chi connectivity index (χ1) is 13.1. The number of amides is 1. The van der Waals surface area contributed by atoms with Gasteiger partial charge in [-0.2, -0.15) is 5.10 Å². The number of hydrogen-bond acceptors (Lipinski definition) is 5. The van der Waals surface area contributed by atoms with Gasteiger partial charge in [-0.25, -0.2) is 5.43 Å². The minimum absolute atomic E-state index is 0.207. The molecule has 144 valence electrons. The largest absolute Gasteiger partial charge is 0.497 e. The number of rotatable bonds is 9. The number of methoxy groups -OCH3 is 1. The maximum atomic E-state index is 12.2. The maximum absolute atomic E-state index is 12.2. The van der Waals surface area contributed by atoms with E-state index in [9.17, 15) is 4.79 Å². The van der Waals surface area contributed by atoms with Crippen LogP contribution >= 0.6 is 0 Å². The number of hydrazone groups is 1. The van der Waals surface area contributed by atoms with Gasteiger partial charge in [0, 0.05) is 24.5 Å². The highest BCUT2D eigenvalue weighted by atomic mass is 16.5. The summed E-state index contributed by atoms with van der Waals surface area (Å²) in [4.78, 5) is 14.4. The minimum Gasteiger partial charge on any atom is -0.497 e. The van der Waals surface area contributed by atoms with Crippen molar-refractivity contribution in [1.82, 2.24) is 5.43 Å². The number of nitrogens with one attached hydrogen (secondary N) is 2. The second-order valence-corrected chi connectivity index (χ2v) is 6.09. The third-order valence-electron chi connectivity index (χ3n) is 4.28. The lowest BCUT2D eigenvalue weighted by Crippen LogP contribution is -2.34. The summed E-state index contributed by atoms with van der Waals surface area (Å²) < 4.78 is 5.12. The molecule has 6 nitrogen and oxygen atoms in total. The summed E-state index contributed by atoms with van der Waals surface area (Å²) in [5.74, 6) is 0.566. The average Bonchev–Trinajstić information content (AvgIpc) is 2.70. The number of hydrogen-bond donors (Lipinski definition) is 2. The highest BCUT2D eigenvalue weighted by Gasteiger charge is 2.11. The zero-order valence-corrected chi connectivity index (χ0v) is 16.4. The lowest BCUT2D eigenvalue weighted by atomic mass is 10.2. The highest BCUT2D eigenvalue weighted by Crippen LogP contribution is 2.16. The Hall–Kier alpha value is -3.02. The predicted molar refractivity (Wildman–Crippen MR) is 112 cm³/mol. The van der Waals surface area contributed by atoms with E-state index >= 15 is 0 Å². The van der Waals surface area contributed by atoms with Gasteiger partial charge < -0.3 is 15.0 Å². The molecule has 1 atom stereocenters. The number of ether oxygens (including phenoxy) is 1. The van der Waals surface area contributed by atoms with Gasteiger partial charge in [-0.3, -0.25) is 4.79 Å². The molecule has 27 heavy (non-hydrogen) atoms. The topological polar surface area (TPSA) is 66.0 Å². The Morgan fingerprint density at radius 2 is 1.74 bits per heavy atom. The van der Waals surface area contributed by atoms with Crippen LogP contribution in [-0.4, -0.2) is 38.4 Å². The van der Waals surface area contributed by atoms with Crippen molar-refractivity contribution in [2.75, 3.05) is 30.4 Å². The first-order valence-corrected chi connectivity index (χ1v) is 9.15. The molecule has 0 aliphatic rings. The van der Waals surface area contributed by atoms with Crippen molar-refractivity contribution < 1.29 is 9.53 Å². The molecule has 0 aromatic heterocycles. The predicted octanol–water partition coefficient (Wildman–Crippen LogP) is 3.49. The van der Waals surface area contributed by atoms with Crippen LogP contribution in [0.2, 0.25) is 0 Å². The van der Waals surface area contributed by atoms with Crippen LogP contribution < -0.4 is 20.4 Å². The summed E-state index contributed by atoms with van der Waals surface area (Å²) in [6.07, 6.45) is 1.64. The Morgan fingerprint density at radius 1 is 1.11 bits per heavy atom. The van der Waals surface area contributed by atoms with Gasteiger partial charge >= 0.3 is 0 Å². The Balaban J connectivity index is 1.86. The molecule has 0 bridgehead atoms. The molecule has 0 unspecified atom stereocenters. The molecule has 0 radical (unpaired) electrons. The van der Waals surface area contributed by atoms with Gasteiger partial charge in [0.1, 0.15) is 11.8 Å². The van der Waals surface area contributed by atoms with E-state index in [1.54, 1.807) is 20.2 Å². The third kappa shape index (κ3) is 6.02.